The molecule has 17 aromatic rings. The second kappa shape index (κ2) is 22.0. The van der Waals surface area contributed by atoms with Crippen LogP contribution in [0.15, 0.2) is 344 Å². The third kappa shape index (κ3) is 8.96. The Labute approximate surface area is 538 Å². The van der Waals surface area contributed by atoms with Gasteiger partial charge in [0.2, 0.25) is 0 Å². The summed E-state index contributed by atoms with van der Waals surface area (Å²) in [4.78, 5) is 16.3. The monoisotopic (exact) mass is 1180 g/mol. The zero-order chi connectivity index (χ0) is 61.4. The predicted molar refractivity (Wildman–Crippen MR) is 382 cm³/mol. The zero-order valence-electron chi connectivity index (χ0n) is 50.5. The van der Waals surface area contributed by atoms with Gasteiger partial charge < -0.3 is 8.98 Å². The van der Waals surface area contributed by atoms with Crippen molar-refractivity contribution >= 4 is 43.7 Å². The van der Waals surface area contributed by atoms with Crippen LogP contribution in [-0.2, 0) is 5.41 Å². The fourth-order valence-corrected chi connectivity index (χ4v) is 14.7. The highest BCUT2D eigenvalue weighted by molar-refractivity contribution is 6.17. The maximum absolute atomic E-state index is 6.71. The van der Waals surface area contributed by atoms with Crippen LogP contribution in [0.2, 0.25) is 0 Å². The molecule has 1 aliphatic carbocycles. The molecular weight excluding hydrogens is 1130 g/mol. The van der Waals surface area contributed by atoms with Gasteiger partial charge in [0.1, 0.15) is 11.2 Å². The van der Waals surface area contributed by atoms with Crippen molar-refractivity contribution in [2.24, 2.45) is 0 Å². The zero-order valence-corrected chi connectivity index (χ0v) is 50.5. The standard InChI is InChI=1S/C88H56N4O/c1-6-24-57(25-7-1)61-46-49-80-77(55-61)83-71(40-23-44-81(83)92(80)70-47-48-73-72-38-16-18-43-78(72)88(79(73)56-70,68-34-12-4-13-35-68)69-36-14-5-15-37-69)62-31-21-33-64(51-62)86-89-85(90-87(91-86)76-42-22-41-75-74-39-17-19-45-82(74)93-84(75)76)63-32-20-30-60(50-63)67-53-65(58-26-8-2-9-27-58)52-66(54-67)59-28-10-3-11-29-59/h1-56H. The summed E-state index contributed by atoms with van der Waals surface area (Å²) >= 11 is 0. The molecule has 3 heterocycles. The highest BCUT2D eigenvalue weighted by Crippen LogP contribution is 2.57. The normalized spacial score (nSPS) is 12.4. The topological polar surface area (TPSA) is 56.7 Å². The molecular formula is C88H56N4O. The first-order valence-corrected chi connectivity index (χ1v) is 31.7. The minimum atomic E-state index is -0.563. The summed E-state index contributed by atoms with van der Waals surface area (Å²) in [6.07, 6.45) is 0. The van der Waals surface area contributed by atoms with Crippen molar-refractivity contribution in [1.82, 2.24) is 19.5 Å². The van der Waals surface area contributed by atoms with Gasteiger partial charge in [-0.15, -0.1) is 0 Å². The summed E-state index contributed by atoms with van der Waals surface area (Å²) in [6, 6.07) is 122. The number of hydrogen-bond acceptors (Lipinski definition) is 4. The van der Waals surface area contributed by atoms with E-state index in [1.165, 1.54) is 33.4 Å². The molecule has 0 N–H and O–H groups in total. The van der Waals surface area contributed by atoms with E-state index in [2.05, 4.69) is 332 Å². The predicted octanol–water partition coefficient (Wildman–Crippen LogP) is 22.6. The van der Waals surface area contributed by atoms with Crippen molar-refractivity contribution in [2.45, 2.75) is 5.41 Å². The molecule has 0 atom stereocenters. The van der Waals surface area contributed by atoms with Gasteiger partial charge in [-0.1, -0.05) is 267 Å². The lowest BCUT2D eigenvalue weighted by atomic mass is 9.67. The first-order valence-electron chi connectivity index (χ1n) is 31.7. The van der Waals surface area contributed by atoms with Gasteiger partial charge in [-0.25, -0.2) is 15.0 Å². The Morgan fingerprint density at radius 1 is 0.258 bits per heavy atom. The molecule has 0 saturated heterocycles. The van der Waals surface area contributed by atoms with Crippen molar-refractivity contribution in [2.75, 3.05) is 0 Å². The van der Waals surface area contributed by atoms with E-state index in [-0.39, 0.29) is 0 Å². The van der Waals surface area contributed by atoms with Gasteiger partial charge in [0, 0.05) is 38.4 Å². The van der Waals surface area contributed by atoms with Crippen LogP contribution in [0.3, 0.4) is 0 Å². The molecule has 0 spiro atoms. The fraction of sp³-hybridized carbons (Fsp3) is 0.0114. The van der Waals surface area contributed by atoms with E-state index < -0.39 is 5.41 Å². The number of rotatable bonds is 11. The molecule has 434 valence electrons. The summed E-state index contributed by atoms with van der Waals surface area (Å²) in [5.41, 5.74) is 25.5. The van der Waals surface area contributed by atoms with E-state index in [1.807, 2.05) is 12.1 Å². The Morgan fingerprint density at radius 2 is 0.720 bits per heavy atom. The molecule has 0 unspecified atom stereocenters. The van der Waals surface area contributed by atoms with E-state index in [9.17, 15) is 0 Å². The third-order valence-corrected chi connectivity index (χ3v) is 18.9. The van der Waals surface area contributed by atoms with Crippen LogP contribution < -0.4 is 0 Å². The maximum atomic E-state index is 6.71. The molecule has 5 nitrogen and oxygen atoms in total. The molecule has 0 saturated carbocycles. The second-order valence-corrected chi connectivity index (χ2v) is 24.2. The van der Waals surface area contributed by atoms with Crippen LogP contribution in [0, 0.1) is 0 Å². The number of para-hydroxylation sites is 2. The van der Waals surface area contributed by atoms with Gasteiger partial charge in [0.05, 0.1) is 22.0 Å². The molecule has 1 aliphatic rings. The van der Waals surface area contributed by atoms with E-state index in [0.29, 0.717) is 17.5 Å². The van der Waals surface area contributed by atoms with Crippen molar-refractivity contribution < 1.29 is 4.42 Å². The minimum absolute atomic E-state index is 0.521. The average molecular weight is 1190 g/mol. The summed E-state index contributed by atoms with van der Waals surface area (Å²) in [6.45, 7) is 0. The lowest BCUT2D eigenvalue weighted by molar-refractivity contribution is 0.669. The molecule has 0 amide bonds. The van der Waals surface area contributed by atoms with Crippen molar-refractivity contribution in [3.05, 3.63) is 362 Å². The Hall–Kier alpha value is -12.3. The van der Waals surface area contributed by atoms with Crippen LogP contribution in [0.25, 0.3) is 150 Å². The van der Waals surface area contributed by atoms with Crippen LogP contribution in [0.1, 0.15) is 22.3 Å². The van der Waals surface area contributed by atoms with E-state index in [0.717, 1.165) is 122 Å². The average Bonchev–Trinajstić information content (AvgIpc) is 1.54. The Balaban J connectivity index is 0.824. The Bertz CT molecular complexity index is 5640. The molecule has 0 fully saturated rings. The van der Waals surface area contributed by atoms with Crippen molar-refractivity contribution in [1.29, 1.82) is 0 Å². The first kappa shape index (κ1) is 53.7. The minimum Gasteiger partial charge on any atom is -0.455 e. The molecule has 0 bridgehead atoms. The second-order valence-electron chi connectivity index (χ2n) is 24.2. The van der Waals surface area contributed by atoms with Crippen LogP contribution in [-0.4, -0.2) is 19.5 Å². The third-order valence-electron chi connectivity index (χ3n) is 18.9. The number of fused-ring (bicyclic) bond motifs is 9. The van der Waals surface area contributed by atoms with Gasteiger partial charge in [-0.2, -0.15) is 0 Å². The first-order chi connectivity index (χ1) is 46.1. The highest BCUT2D eigenvalue weighted by atomic mass is 16.3. The van der Waals surface area contributed by atoms with Crippen LogP contribution >= 0.6 is 0 Å². The quantitative estimate of drug-likeness (QED) is 0.129. The molecule has 5 heteroatoms. The SMILES string of the molecule is c1ccc(-c2cc(-c3ccccc3)cc(-c3cccc(-c4nc(-c5cccc(-c6cccc7c6c6cc(-c8ccccc8)ccc6n7-c6ccc7c(c6)C(c6ccccc6)(c6ccccc6)c6ccccc6-7)c5)nc(-c5cccc6c5oc5ccccc56)n4)c3)c2)cc1. The lowest BCUT2D eigenvalue weighted by Crippen LogP contribution is -2.28. The summed E-state index contributed by atoms with van der Waals surface area (Å²) in [5, 5.41) is 4.35. The fourth-order valence-electron chi connectivity index (χ4n) is 14.7. The Morgan fingerprint density at radius 3 is 1.40 bits per heavy atom. The molecule has 18 rings (SSSR count). The summed E-state index contributed by atoms with van der Waals surface area (Å²) in [5.74, 6) is 1.62. The van der Waals surface area contributed by atoms with E-state index >= 15 is 0 Å². The lowest BCUT2D eigenvalue weighted by Gasteiger charge is -2.34. The Kier molecular flexibility index (Phi) is 12.7. The van der Waals surface area contributed by atoms with Gasteiger partial charge in [0.15, 0.2) is 17.5 Å². The van der Waals surface area contributed by atoms with E-state index in [4.69, 9.17) is 19.4 Å². The van der Waals surface area contributed by atoms with Gasteiger partial charge in [0.25, 0.3) is 0 Å². The number of hydrogen-bond donors (Lipinski definition) is 0. The number of furan rings is 1. The van der Waals surface area contributed by atoms with Gasteiger partial charge in [-0.05, 0) is 162 Å². The summed E-state index contributed by atoms with van der Waals surface area (Å²) in [7, 11) is 0. The maximum Gasteiger partial charge on any atom is 0.167 e. The smallest absolute Gasteiger partial charge is 0.167 e. The number of benzene rings is 14. The number of nitrogens with zero attached hydrogens (tertiary/aromatic N) is 4. The molecule has 0 radical (unpaired) electrons. The molecule has 0 aliphatic heterocycles. The molecule has 93 heavy (non-hydrogen) atoms. The van der Waals surface area contributed by atoms with Crippen LogP contribution in [0.5, 0.6) is 0 Å². The van der Waals surface area contributed by atoms with Crippen molar-refractivity contribution in [3.63, 3.8) is 0 Å². The highest BCUT2D eigenvalue weighted by Gasteiger charge is 2.46. The van der Waals surface area contributed by atoms with Crippen molar-refractivity contribution in [3.8, 4) is 107 Å². The largest absolute Gasteiger partial charge is 0.455 e. The van der Waals surface area contributed by atoms with Gasteiger partial charge in [-0.3, -0.25) is 0 Å². The summed E-state index contributed by atoms with van der Waals surface area (Å²) < 4.78 is 9.19. The molecule has 14 aromatic carbocycles. The van der Waals surface area contributed by atoms with E-state index in [1.54, 1.807) is 0 Å². The number of aromatic nitrogens is 4. The molecule has 3 aromatic heterocycles. The van der Waals surface area contributed by atoms with Gasteiger partial charge >= 0.3 is 0 Å². The van der Waals surface area contributed by atoms with Crippen LogP contribution in [0.4, 0.5) is 0 Å².